The van der Waals surface area contributed by atoms with Crippen molar-refractivity contribution in [2.75, 3.05) is 25.1 Å². The Bertz CT molecular complexity index is 1190. The lowest BCUT2D eigenvalue weighted by Gasteiger charge is -2.34. The van der Waals surface area contributed by atoms with E-state index < -0.39 is 28.5 Å². The summed E-state index contributed by atoms with van der Waals surface area (Å²) in [6, 6.07) is 10.5. The quantitative estimate of drug-likeness (QED) is 0.519. The molecule has 8 nitrogen and oxygen atoms in total. The van der Waals surface area contributed by atoms with Gasteiger partial charge in [0.2, 0.25) is 0 Å². The number of benzene rings is 2. The van der Waals surface area contributed by atoms with Crippen LogP contribution in [0.25, 0.3) is 0 Å². The van der Waals surface area contributed by atoms with Crippen LogP contribution in [0.15, 0.2) is 47.4 Å². The van der Waals surface area contributed by atoms with Crippen LogP contribution < -0.4 is 14.4 Å². The van der Waals surface area contributed by atoms with Gasteiger partial charge in [0.15, 0.2) is 6.61 Å². The first-order chi connectivity index (χ1) is 16.6. The second kappa shape index (κ2) is 11.3. The first-order valence-electron chi connectivity index (χ1n) is 11.4. The topological polar surface area (TPSA) is 102 Å². The molecule has 0 unspecified atom stereocenters. The fraction of sp³-hybridized carbons (Fsp3) is 0.440. The van der Waals surface area contributed by atoms with E-state index in [0.717, 1.165) is 29.6 Å². The van der Waals surface area contributed by atoms with Gasteiger partial charge < -0.3 is 14.8 Å². The number of sulfonamides is 1. The van der Waals surface area contributed by atoms with Gasteiger partial charge in [-0.3, -0.25) is 9.10 Å². The van der Waals surface area contributed by atoms with Crippen molar-refractivity contribution in [3.05, 3.63) is 53.1 Å². The molecule has 0 saturated heterocycles. The second-order valence-corrected chi connectivity index (χ2v) is 11.2. The van der Waals surface area contributed by atoms with Gasteiger partial charge in [0.05, 0.1) is 28.3 Å². The van der Waals surface area contributed by atoms with E-state index in [9.17, 15) is 18.0 Å². The number of nitrogens with zero attached hydrogens (tertiary/aromatic N) is 1. The van der Waals surface area contributed by atoms with Gasteiger partial charge in [-0.2, -0.15) is 0 Å². The molecule has 10 heteroatoms. The molecule has 0 radical (unpaired) electrons. The highest BCUT2D eigenvalue weighted by Gasteiger charge is 2.29. The Morgan fingerprint density at radius 3 is 2.57 bits per heavy atom. The predicted molar refractivity (Wildman–Crippen MR) is 134 cm³/mol. The van der Waals surface area contributed by atoms with E-state index in [-0.39, 0.29) is 21.5 Å². The number of esters is 1. The number of hydrogen-bond acceptors (Lipinski definition) is 6. The molecule has 0 aliphatic heterocycles. The van der Waals surface area contributed by atoms with Gasteiger partial charge in [-0.15, -0.1) is 0 Å². The number of halogens is 1. The van der Waals surface area contributed by atoms with E-state index >= 15 is 0 Å². The molecule has 1 amide bonds. The number of anilines is 1. The van der Waals surface area contributed by atoms with Crippen LogP contribution in [0.3, 0.4) is 0 Å². The molecule has 1 aliphatic carbocycles. The van der Waals surface area contributed by atoms with E-state index in [1.54, 1.807) is 24.3 Å². The van der Waals surface area contributed by atoms with Crippen LogP contribution in [-0.2, 0) is 19.6 Å². The molecule has 2 aromatic rings. The minimum atomic E-state index is -4.05. The molecular weight excluding hydrogens is 492 g/mol. The summed E-state index contributed by atoms with van der Waals surface area (Å²) in [7, 11) is -1.22. The van der Waals surface area contributed by atoms with Crippen LogP contribution >= 0.6 is 11.6 Å². The fourth-order valence-electron chi connectivity index (χ4n) is 4.24. The summed E-state index contributed by atoms with van der Waals surface area (Å²) in [6.07, 6.45) is 3.06. The number of ether oxygens (including phenoxy) is 2. The maximum absolute atomic E-state index is 13.2. The summed E-state index contributed by atoms with van der Waals surface area (Å²) >= 11 is 6.16. The number of methoxy groups -OCH3 is 1. The highest BCUT2D eigenvalue weighted by atomic mass is 35.5. The molecule has 0 heterocycles. The molecule has 2 aromatic carbocycles. The minimum Gasteiger partial charge on any atom is -0.495 e. The maximum Gasteiger partial charge on any atom is 0.340 e. The zero-order valence-corrected chi connectivity index (χ0v) is 21.9. The predicted octanol–water partition coefficient (Wildman–Crippen LogP) is 4.27. The average molecular weight is 523 g/mol. The van der Waals surface area contributed by atoms with E-state index in [4.69, 9.17) is 21.1 Å². The number of carbonyl (C=O) groups excluding carboxylic acids is 2. The molecule has 3 rings (SSSR count). The zero-order valence-electron chi connectivity index (χ0n) is 20.3. The third-order valence-corrected chi connectivity index (χ3v) is 8.73. The third-order valence-electron chi connectivity index (χ3n) is 6.63. The monoisotopic (exact) mass is 522 g/mol. The summed E-state index contributed by atoms with van der Waals surface area (Å²) in [5.41, 5.74) is 0.186. The Balaban J connectivity index is 1.72. The SMILES string of the molecule is COc1ccccc1N(C)S(=O)(=O)c1ccc(Cl)c(C(=O)OCC(=O)N[C@H]2CCC[C@@H](C)[C@H]2C)c1. The smallest absolute Gasteiger partial charge is 0.340 e. The Morgan fingerprint density at radius 2 is 1.86 bits per heavy atom. The van der Waals surface area contributed by atoms with Crippen LogP contribution in [0, 0.1) is 11.8 Å². The Kier molecular flexibility index (Phi) is 8.66. The molecule has 3 atom stereocenters. The standard InChI is InChI=1S/C25H31ClN2O6S/c1-16-8-7-9-21(17(16)2)27-24(29)15-34-25(30)19-14-18(12-13-20(19)26)35(31,32)28(3)22-10-5-6-11-23(22)33-4/h5-6,10-14,16-17,21H,7-9,15H2,1-4H3,(H,27,29)/t16-,17-,21+/m1/s1. The van der Waals surface area contributed by atoms with Gasteiger partial charge in [-0.1, -0.05) is 50.4 Å². The van der Waals surface area contributed by atoms with Crippen molar-refractivity contribution < 1.29 is 27.5 Å². The number of para-hydroxylation sites is 2. The van der Waals surface area contributed by atoms with Crippen LogP contribution in [0.2, 0.25) is 5.02 Å². The van der Waals surface area contributed by atoms with Crippen molar-refractivity contribution in [1.29, 1.82) is 0 Å². The van der Waals surface area contributed by atoms with Crippen molar-refractivity contribution in [3.63, 3.8) is 0 Å². The van der Waals surface area contributed by atoms with E-state index in [1.165, 1.54) is 26.3 Å². The zero-order chi connectivity index (χ0) is 25.8. The molecule has 190 valence electrons. The summed E-state index contributed by atoms with van der Waals surface area (Å²) in [5.74, 6) is -0.0683. The van der Waals surface area contributed by atoms with Crippen LogP contribution in [0.1, 0.15) is 43.5 Å². The molecular formula is C25H31ClN2O6S. The summed E-state index contributed by atoms with van der Waals surface area (Å²) in [5, 5.41) is 2.95. The van der Waals surface area contributed by atoms with Crippen molar-refractivity contribution in [3.8, 4) is 5.75 Å². The van der Waals surface area contributed by atoms with Gasteiger partial charge in [0.25, 0.3) is 15.9 Å². The lowest BCUT2D eigenvalue weighted by Crippen LogP contribution is -2.45. The van der Waals surface area contributed by atoms with Crippen molar-refractivity contribution in [1.82, 2.24) is 5.32 Å². The van der Waals surface area contributed by atoms with Crippen molar-refractivity contribution >= 4 is 39.2 Å². The highest BCUT2D eigenvalue weighted by molar-refractivity contribution is 7.92. The molecule has 1 fully saturated rings. The van der Waals surface area contributed by atoms with E-state index in [2.05, 4.69) is 19.2 Å². The number of hydrogen-bond donors (Lipinski definition) is 1. The Morgan fingerprint density at radius 1 is 1.14 bits per heavy atom. The van der Waals surface area contributed by atoms with Crippen molar-refractivity contribution in [2.45, 2.75) is 44.0 Å². The second-order valence-electron chi connectivity index (χ2n) is 8.80. The molecule has 0 bridgehead atoms. The molecule has 1 saturated carbocycles. The van der Waals surface area contributed by atoms with Crippen LogP contribution in [-0.4, -0.2) is 47.1 Å². The summed E-state index contributed by atoms with van der Waals surface area (Å²) in [4.78, 5) is 24.9. The van der Waals surface area contributed by atoms with Gasteiger partial charge >= 0.3 is 5.97 Å². The first kappa shape index (κ1) is 26.8. The summed E-state index contributed by atoms with van der Waals surface area (Å²) in [6.45, 7) is 3.79. The molecule has 1 aliphatic rings. The maximum atomic E-state index is 13.2. The average Bonchev–Trinajstić information content (AvgIpc) is 2.85. The Hall–Kier alpha value is -2.78. The van der Waals surface area contributed by atoms with Crippen LogP contribution in [0.4, 0.5) is 5.69 Å². The third kappa shape index (κ3) is 6.08. The molecule has 0 spiro atoms. The summed E-state index contributed by atoms with van der Waals surface area (Å²) < 4.78 is 38.0. The Labute approximate surface area is 211 Å². The first-order valence-corrected chi connectivity index (χ1v) is 13.3. The molecule has 0 aromatic heterocycles. The number of rotatable bonds is 8. The van der Waals surface area contributed by atoms with Gasteiger partial charge in [-0.25, -0.2) is 13.2 Å². The van der Waals surface area contributed by atoms with Gasteiger partial charge in [0.1, 0.15) is 5.75 Å². The largest absolute Gasteiger partial charge is 0.495 e. The number of nitrogens with one attached hydrogen (secondary N) is 1. The lowest BCUT2D eigenvalue weighted by atomic mass is 9.78. The highest BCUT2D eigenvalue weighted by Crippen LogP contribution is 2.32. The van der Waals surface area contributed by atoms with Gasteiger partial charge in [0, 0.05) is 13.1 Å². The van der Waals surface area contributed by atoms with E-state index in [0.29, 0.717) is 23.3 Å². The molecule has 35 heavy (non-hydrogen) atoms. The van der Waals surface area contributed by atoms with Gasteiger partial charge in [-0.05, 0) is 48.6 Å². The van der Waals surface area contributed by atoms with E-state index in [1.807, 2.05) is 0 Å². The van der Waals surface area contributed by atoms with Crippen LogP contribution in [0.5, 0.6) is 5.75 Å². The fourth-order valence-corrected chi connectivity index (χ4v) is 5.67. The number of carbonyl (C=O) groups is 2. The van der Waals surface area contributed by atoms with Crippen molar-refractivity contribution in [2.24, 2.45) is 11.8 Å². The minimum absolute atomic E-state index is 0.0176. The molecule has 1 N–H and O–H groups in total. The number of amides is 1. The normalized spacial score (nSPS) is 20.1. The lowest BCUT2D eigenvalue weighted by molar-refractivity contribution is -0.125.